The molecule has 27 heavy (non-hydrogen) atoms. The summed E-state index contributed by atoms with van der Waals surface area (Å²) in [5, 5.41) is 0. The molecular weight excluding hydrogens is 365 g/mol. The maximum Gasteiger partial charge on any atom is 0.272 e. The number of benzene rings is 3. The van der Waals surface area contributed by atoms with Crippen molar-refractivity contribution in [2.24, 2.45) is 0 Å². The van der Waals surface area contributed by atoms with Crippen molar-refractivity contribution in [3.63, 3.8) is 0 Å². The van der Waals surface area contributed by atoms with Gasteiger partial charge in [0.25, 0.3) is 15.9 Å². The first-order chi connectivity index (χ1) is 12.8. The number of hydrogen-bond donors (Lipinski definition) is 0. The highest BCUT2D eigenvalue weighted by Gasteiger charge is 2.32. The van der Waals surface area contributed by atoms with Crippen molar-refractivity contribution in [3.05, 3.63) is 95.3 Å². The molecule has 0 saturated carbocycles. The summed E-state index contributed by atoms with van der Waals surface area (Å²) < 4.78 is 40.8. The van der Waals surface area contributed by atoms with Gasteiger partial charge in [0, 0.05) is 5.56 Å². The number of carbonyl (C=O) groups is 1. The zero-order valence-corrected chi connectivity index (χ0v) is 15.7. The van der Waals surface area contributed by atoms with Crippen molar-refractivity contribution in [3.8, 4) is 0 Å². The van der Waals surface area contributed by atoms with Crippen LogP contribution in [0.5, 0.6) is 0 Å². The van der Waals surface area contributed by atoms with Crippen molar-refractivity contribution in [1.29, 1.82) is 0 Å². The molecule has 0 N–H and O–H groups in total. The summed E-state index contributed by atoms with van der Waals surface area (Å²) in [7, 11) is -4.18. The molecule has 138 valence electrons. The first kappa shape index (κ1) is 18.8. The third kappa shape index (κ3) is 3.90. The van der Waals surface area contributed by atoms with E-state index in [0.29, 0.717) is 4.31 Å². The van der Waals surface area contributed by atoms with Crippen LogP contribution >= 0.6 is 0 Å². The van der Waals surface area contributed by atoms with Gasteiger partial charge in [-0.3, -0.25) is 4.79 Å². The summed E-state index contributed by atoms with van der Waals surface area (Å²) in [5.41, 5.74) is 1.96. The van der Waals surface area contributed by atoms with Crippen LogP contribution in [0.2, 0.25) is 0 Å². The molecule has 0 aliphatic rings. The quantitative estimate of drug-likeness (QED) is 0.668. The van der Waals surface area contributed by atoms with E-state index in [1.807, 2.05) is 13.8 Å². The molecule has 0 fully saturated rings. The fraction of sp³-hybridized carbons (Fsp3) is 0.0952. The third-order valence-corrected chi connectivity index (χ3v) is 5.81. The lowest BCUT2D eigenvalue weighted by Gasteiger charge is -2.23. The lowest BCUT2D eigenvalue weighted by atomic mass is 10.2. The molecule has 0 saturated heterocycles. The van der Waals surface area contributed by atoms with Gasteiger partial charge in [0.1, 0.15) is 5.82 Å². The molecule has 1 amide bonds. The molecule has 0 atom stereocenters. The van der Waals surface area contributed by atoms with E-state index < -0.39 is 21.7 Å². The third-order valence-electron chi connectivity index (χ3n) is 4.08. The van der Waals surface area contributed by atoms with Crippen LogP contribution in [-0.2, 0) is 10.0 Å². The minimum atomic E-state index is -4.18. The van der Waals surface area contributed by atoms with Gasteiger partial charge in [0.2, 0.25) is 0 Å². The van der Waals surface area contributed by atoms with Gasteiger partial charge >= 0.3 is 0 Å². The second-order valence-electron chi connectivity index (χ2n) is 6.23. The molecule has 3 aromatic carbocycles. The number of amides is 1. The highest BCUT2D eigenvalue weighted by molar-refractivity contribution is 7.93. The van der Waals surface area contributed by atoms with E-state index >= 15 is 0 Å². The smallest absolute Gasteiger partial charge is 0.268 e. The van der Waals surface area contributed by atoms with Gasteiger partial charge in [-0.25, -0.2) is 12.8 Å². The zero-order chi connectivity index (χ0) is 19.6. The Morgan fingerprint density at radius 1 is 0.852 bits per heavy atom. The molecule has 0 aliphatic carbocycles. The Balaban J connectivity index is 2.16. The molecule has 0 bridgehead atoms. The largest absolute Gasteiger partial charge is 0.272 e. The number of hydrogen-bond acceptors (Lipinski definition) is 3. The maximum atomic E-state index is 13.6. The van der Waals surface area contributed by atoms with Gasteiger partial charge in [-0.1, -0.05) is 41.5 Å². The Kier molecular flexibility index (Phi) is 5.10. The monoisotopic (exact) mass is 383 g/mol. The lowest BCUT2D eigenvalue weighted by Crippen LogP contribution is -2.37. The average Bonchev–Trinajstić information content (AvgIpc) is 2.63. The second-order valence-corrected chi connectivity index (χ2v) is 8.02. The topological polar surface area (TPSA) is 54.5 Å². The highest BCUT2D eigenvalue weighted by Crippen LogP contribution is 2.26. The van der Waals surface area contributed by atoms with Crippen LogP contribution in [0.25, 0.3) is 0 Å². The molecule has 0 unspecified atom stereocenters. The number of carbonyl (C=O) groups excluding carboxylic acids is 1. The van der Waals surface area contributed by atoms with Crippen molar-refractivity contribution in [2.45, 2.75) is 18.7 Å². The van der Waals surface area contributed by atoms with Crippen LogP contribution in [0.4, 0.5) is 10.1 Å². The van der Waals surface area contributed by atoms with Crippen molar-refractivity contribution in [2.75, 3.05) is 4.31 Å². The minimum absolute atomic E-state index is 0.0153. The van der Waals surface area contributed by atoms with Gasteiger partial charge in [-0.05, 0) is 56.3 Å². The van der Waals surface area contributed by atoms with Gasteiger partial charge in [-0.2, -0.15) is 4.31 Å². The van der Waals surface area contributed by atoms with E-state index in [1.165, 1.54) is 30.3 Å². The fourth-order valence-corrected chi connectivity index (χ4v) is 4.01. The summed E-state index contributed by atoms with van der Waals surface area (Å²) in [6.45, 7) is 3.70. The average molecular weight is 383 g/mol. The number of sulfonamides is 1. The molecule has 0 aromatic heterocycles. The lowest BCUT2D eigenvalue weighted by molar-refractivity contribution is 0.100. The van der Waals surface area contributed by atoms with Crippen LogP contribution in [0.15, 0.2) is 77.7 Å². The van der Waals surface area contributed by atoms with Gasteiger partial charge in [0.05, 0.1) is 10.6 Å². The molecular formula is C21H18FNO3S. The van der Waals surface area contributed by atoms with Crippen LogP contribution in [-0.4, -0.2) is 14.3 Å². The Labute approximate surface area is 157 Å². The molecule has 3 rings (SSSR count). The van der Waals surface area contributed by atoms with Crippen LogP contribution in [0.1, 0.15) is 21.5 Å². The van der Waals surface area contributed by atoms with E-state index in [0.717, 1.165) is 17.2 Å². The summed E-state index contributed by atoms with van der Waals surface area (Å²) in [6, 6.07) is 17.7. The summed E-state index contributed by atoms with van der Waals surface area (Å²) >= 11 is 0. The van der Waals surface area contributed by atoms with Gasteiger partial charge in [-0.15, -0.1) is 0 Å². The Morgan fingerprint density at radius 2 is 1.41 bits per heavy atom. The Morgan fingerprint density at radius 3 is 1.96 bits per heavy atom. The van der Waals surface area contributed by atoms with E-state index in [2.05, 4.69) is 0 Å². The van der Waals surface area contributed by atoms with Crippen molar-refractivity contribution < 1.29 is 17.6 Å². The maximum absolute atomic E-state index is 13.6. The molecule has 0 aliphatic heterocycles. The number of halogens is 1. The molecule has 0 radical (unpaired) electrons. The SMILES string of the molecule is Cc1ccc(N(C(=O)c2cccc(F)c2)S(=O)(=O)c2ccc(C)cc2)cc1. The molecule has 6 heteroatoms. The Bertz CT molecular complexity index is 1080. The van der Waals surface area contributed by atoms with Crippen molar-refractivity contribution in [1.82, 2.24) is 0 Å². The Hall–Kier alpha value is -2.99. The van der Waals surface area contributed by atoms with Gasteiger partial charge in [0.15, 0.2) is 0 Å². The molecule has 0 heterocycles. The molecule has 3 aromatic rings. The number of aryl methyl sites for hydroxylation is 2. The predicted octanol–water partition coefficient (Wildman–Crippen LogP) is 4.48. The van der Waals surface area contributed by atoms with Crippen LogP contribution in [0, 0.1) is 19.7 Å². The van der Waals surface area contributed by atoms with E-state index in [1.54, 1.807) is 36.4 Å². The first-order valence-corrected chi connectivity index (χ1v) is 9.71. The van der Waals surface area contributed by atoms with Crippen molar-refractivity contribution >= 4 is 21.6 Å². The minimum Gasteiger partial charge on any atom is -0.268 e. The summed E-state index contributed by atoms with van der Waals surface area (Å²) in [5.74, 6) is -1.43. The normalized spacial score (nSPS) is 11.2. The molecule has 4 nitrogen and oxygen atoms in total. The predicted molar refractivity (Wildman–Crippen MR) is 103 cm³/mol. The standard InChI is InChI=1S/C21H18FNO3S/c1-15-6-10-19(11-7-15)23(21(24)17-4-3-5-18(22)14-17)27(25,26)20-12-8-16(2)9-13-20/h3-14H,1-2H3. The summed E-state index contributed by atoms with van der Waals surface area (Å²) in [4.78, 5) is 13.0. The van der Waals surface area contributed by atoms with E-state index in [4.69, 9.17) is 0 Å². The molecule has 0 spiro atoms. The summed E-state index contributed by atoms with van der Waals surface area (Å²) in [6.07, 6.45) is 0. The highest BCUT2D eigenvalue weighted by atomic mass is 32.2. The number of anilines is 1. The van der Waals surface area contributed by atoms with E-state index in [9.17, 15) is 17.6 Å². The number of nitrogens with zero attached hydrogens (tertiary/aromatic N) is 1. The van der Waals surface area contributed by atoms with Gasteiger partial charge < -0.3 is 0 Å². The second kappa shape index (κ2) is 7.32. The van der Waals surface area contributed by atoms with Crippen LogP contribution in [0.3, 0.4) is 0 Å². The first-order valence-electron chi connectivity index (χ1n) is 8.27. The van der Waals surface area contributed by atoms with Crippen LogP contribution < -0.4 is 4.31 Å². The number of rotatable bonds is 4. The van der Waals surface area contributed by atoms with E-state index in [-0.39, 0.29) is 16.1 Å². The zero-order valence-electron chi connectivity index (χ0n) is 14.9. The fourth-order valence-electron chi connectivity index (χ4n) is 2.60.